The van der Waals surface area contributed by atoms with Crippen LogP contribution in [-0.4, -0.2) is 56.0 Å². The molecule has 8 heteroatoms. The van der Waals surface area contributed by atoms with Gasteiger partial charge in [-0.2, -0.15) is 0 Å². The Hall–Kier alpha value is -2.74. The minimum absolute atomic E-state index is 0.0170. The van der Waals surface area contributed by atoms with Crippen LogP contribution in [0.15, 0.2) is 29.3 Å². The number of carbonyl (C=O) groups is 1. The summed E-state index contributed by atoms with van der Waals surface area (Å²) in [6.07, 6.45) is 6.20. The summed E-state index contributed by atoms with van der Waals surface area (Å²) in [5.41, 5.74) is 2.87. The van der Waals surface area contributed by atoms with Crippen molar-refractivity contribution in [3.8, 4) is 0 Å². The van der Waals surface area contributed by atoms with E-state index < -0.39 is 0 Å². The number of carbonyl (C=O) groups excluding carboxylic acids is 1. The Morgan fingerprint density at radius 3 is 2.87 bits per heavy atom. The van der Waals surface area contributed by atoms with E-state index in [-0.39, 0.29) is 23.0 Å². The van der Waals surface area contributed by atoms with Crippen molar-refractivity contribution < 1.29 is 4.79 Å². The van der Waals surface area contributed by atoms with Crippen LogP contribution in [0.25, 0.3) is 0 Å². The van der Waals surface area contributed by atoms with Crippen LogP contribution < -0.4 is 10.9 Å². The van der Waals surface area contributed by atoms with Crippen molar-refractivity contribution in [2.45, 2.75) is 64.2 Å². The van der Waals surface area contributed by atoms with Crippen LogP contribution in [0.1, 0.15) is 49.3 Å². The van der Waals surface area contributed by atoms with Crippen LogP contribution in [-0.2, 0) is 31.5 Å². The average Bonchev–Trinajstić information content (AvgIpc) is 3.34. The molecule has 2 aromatic heterocycles. The number of nitrogens with zero attached hydrogens (tertiary/aromatic N) is 5. The first kappa shape index (κ1) is 20.2. The van der Waals surface area contributed by atoms with E-state index in [9.17, 15) is 9.59 Å². The molecule has 1 atom stereocenters. The molecule has 3 aliphatic rings. The standard InChI is InChI=1S/C23H30N6O2/c1-16(2)25-22(31)28-10-6-23(15-28)7-11-29-20(30)18-14-27(9-5-19(18)26-21(23)29)13-17-4-3-8-24-12-17/h3-4,8,12,16H,5-7,9-11,13-15H2,1-2H3,(H,25,31). The molecule has 0 saturated carbocycles. The van der Waals surface area contributed by atoms with Gasteiger partial charge in [0, 0.05) is 69.5 Å². The molecule has 31 heavy (non-hydrogen) atoms. The number of urea groups is 1. The van der Waals surface area contributed by atoms with E-state index in [1.54, 1.807) is 6.20 Å². The SMILES string of the molecule is CC(C)NC(=O)N1CCC2(CCn3c2nc2c(c3=O)CN(Cc3cccnc3)CC2)C1. The molecule has 8 nitrogen and oxygen atoms in total. The van der Waals surface area contributed by atoms with Gasteiger partial charge in [0.2, 0.25) is 0 Å². The van der Waals surface area contributed by atoms with Crippen LogP contribution in [0.2, 0.25) is 0 Å². The smallest absolute Gasteiger partial charge is 0.317 e. The normalized spacial score (nSPS) is 22.7. The van der Waals surface area contributed by atoms with Gasteiger partial charge in [-0.1, -0.05) is 6.07 Å². The lowest BCUT2D eigenvalue weighted by Crippen LogP contribution is -2.43. The topological polar surface area (TPSA) is 83.4 Å². The van der Waals surface area contributed by atoms with E-state index >= 15 is 0 Å². The molecule has 2 amide bonds. The highest BCUT2D eigenvalue weighted by Crippen LogP contribution is 2.41. The van der Waals surface area contributed by atoms with Gasteiger partial charge in [0.05, 0.1) is 11.3 Å². The summed E-state index contributed by atoms with van der Waals surface area (Å²) in [7, 11) is 0. The van der Waals surface area contributed by atoms with E-state index in [1.165, 1.54) is 0 Å². The Morgan fingerprint density at radius 1 is 1.26 bits per heavy atom. The second kappa shape index (κ2) is 7.75. The molecule has 1 fully saturated rings. The zero-order valence-corrected chi connectivity index (χ0v) is 18.3. The minimum Gasteiger partial charge on any atom is -0.336 e. The zero-order valence-electron chi connectivity index (χ0n) is 18.3. The molecule has 1 spiro atoms. The average molecular weight is 423 g/mol. The van der Waals surface area contributed by atoms with Crippen LogP contribution in [0.4, 0.5) is 4.79 Å². The van der Waals surface area contributed by atoms with Gasteiger partial charge >= 0.3 is 6.03 Å². The van der Waals surface area contributed by atoms with Crippen LogP contribution in [0.5, 0.6) is 0 Å². The molecule has 5 heterocycles. The molecule has 0 radical (unpaired) electrons. The van der Waals surface area contributed by atoms with Crippen molar-refractivity contribution in [2.24, 2.45) is 0 Å². The number of pyridine rings is 1. The Balaban J connectivity index is 1.38. The van der Waals surface area contributed by atoms with E-state index in [0.29, 0.717) is 26.2 Å². The quantitative estimate of drug-likeness (QED) is 0.814. The first-order valence-electron chi connectivity index (χ1n) is 11.2. The minimum atomic E-state index is -0.185. The molecule has 1 unspecified atom stereocenters. The van der Waals surface area contributed by atoms with Crippen molar-refractivity contribution in [3.63, 3.8) is 0 Å². The van der Waals surface area contributed by atoms with E-state index in [2.05, 4.69) is 21.3 Å². The van der Waals surface area contributed by atoms with Gasteiger partial charge in [-0.25, -0.2) is 9.78 Å². The summed E-state index contributed by atoms with van der Waals surface area (Å²) < 4.78 is 1.89. The Bertz CT molecular complexity index is 1050. The third kappa shape index (κ3) is 3.63. The molecule has 2 aromatic rings. The Labute approximate surface area is 182 Å². The third-order valence-electron chi connectivity index (χ3n) is 6.87. The number of nitrogens with one attached hydrogen (secondary N) is 1. The molecule has 3 aliphatic heterocycles. The second-order valence-corrected chi connectivity index (χ2v) is 9.45. The largest absolute Gasteiger partial charge is 0.336 e. The predicted molar refractivity (Wildman–Crippen MR) is 117 cm³/mol. The van der Waals surface area contributed by atoms with Crippen molar-refractivity contribution in [1.82, 2.24) is 29.7 Å². The van der Waals surface area contributed by atoms with Crippen LogP contribution in [0.3, 0.4) is 0 Å². The summed E-state index contributed by atoms with van der Waals surface area (Å²) in [5, 5.41) is 2.99. The lowest BCUT2D eigenvalue weighted by Gasteiger charge is -2.29. The number of amides is 2. The third-order valence-corrected chi connectivity index (χ3v) is 6.87. The molecule has 5 rings (SSSR count). The molecule has 164 valence electrons. The van der Waals surface area contributed by atoms with Crippen molar-refractivity contribution >= 4 is 6.03 Å². The summed E-state index contributed by atoms with van der Waals surface area (Å²) in [4.78, 5) is 39.3. The van der Waals surface area contributed by atoms with Crippen molar-refractivity contribution in [1.29, 1.82) is 0 Å². The summed E-state index contributed by atoms with van der Waals surface area (Å²) in [5.74, 6) is 0.900. The number of rotatable bonds is 3. The van der Waals surface area contributed by atoms with E-state index in [0.717, 1.165) is 55.0 Å². The molecule has 0 aliphatic carbocycles. The lowest BCUT2D eigenvalue weighted by molar-refractivity contribution is 0.202. The van der Waals surface area contributed by atoms with Gasteiger partial charge in [0.25, 0.3) is 5.56 Å². The number of fused-ring (bicyclic) bond motifs is 3. The van der Waals surface area contributed by atoms with Crippen LogP contribution >= 0.6 is 0 Å². The number of hydrogen-bond donors (Lipinski definition) is 1. The first-order chi connectivity index (χ1) is 14.9. The number of aromatic nitrogens is 3. The zero-order chi connectivity index (χ0) is 21.6. The lowest BCUT2D eigenvalue weighted by atomic mass is 9.85. The molecule has 1 saturated heterocycles. The fourth-order valence-electron chi connectivity index (χ4n) is 5.28. The number of likely N-dealkylation sites (tertiary alicyclic amines) is 1. The molecular formula is C23H30N6O2. The predicted octanol–water partition coefficient (Wildman–Crippen LogP) is 1.66. The maximum atomic E-state index is 13.4. The van der Waals surface area contributed by atoms with Gasteiger partial charge in [-0.05, 0) is 38.3 Å². The highest BCUT2D eigenvalue weighted by atomic mass is 16.2. The maximum Gasteiger partial charge on any atom is 0.317 e. The van der Waals surface area contributed by atoms with E-state index in [4.69, 9.17) is 4.98 Å². The van der Waals surface area contributed by atoms with Crippen molar-refractivity contribution in [2.75, 3.05) is 19.6 Å². The number of hydrogen-bond acceptors (Lipinski definition) is 5. The summed E-state index contributed by atoms with van der Waals surface area (Å²) in [6, 6.07) is 4.11. The van der Waals surface area contributed by atoms with Crippen LogP contribution in [0, 0.1) is 0 Å². The highest BCUT2D eigenvalue weighted by molar-refractivity contribution is 5.75. The first-order valence-corrected chi connectivity index (χ1v) is 11.2. The molecule has 0 aromatic carbocycles. The Kier molecular flexibility index (Phi) is 5.04. The van der Waals surface area contributed by atoms with Gasteiger partial charge < -0.3 is 10.2 Å². The second-order valence-electron chi connectivity index (χ2n) is 9.45. The van der Waals surface area contributed by atoms with Crippen molar-refractivity contribution in [3.05, 3.63) is 57.5 Å². The molecule has 0 bridgehead atoms. The fraction of sp³-hybridized carbons (Fsp3) is 0.565. The van der Waals surface area contributed by atoms with Gasteiger partial charge in [0.15, 0.2) is 0 Å². The fourth-order valence-corrected chi connectivity index (χ4v) is 5.28. The maximum absolute atomic E-state index is 13.4. The monoisotopic (exact) mass is 422 g/mol. The molecular weight excluding hydrogens is 392 g/mol. The van der Waals surface area contributed by atoms with Gasteiger partial charge in [-0.15, -0.1) is 0 Å². The van der Waals surface area contributed by atoms with Gasteiger partial charge in [0.1, 0.15) is 5.82 Å². The van der Waals surface area contributed by atoms with Gasteiger partial charge in [-0.3, -0.25) is 19.2 Å². The Morgan fingerprint density at radius 2 is 2.10 bits per heavy atom. The summed E-state index contributed by atoms with van der Waals surface area (Å²) in [6.45, 7) is 8.29. The van der Waals surface area contributed by atoms with E-state index in [1.807, 2.05) is 35.6 Å². The summed E-state index contributed by atoms with van der Waals surface area (Å²) >= 11 is 0. The highest BCUT2D eigenvalue weighted by Gasteiger charge is 2.48. The molecule has 1 N–H and O–H groups in total.